The van der Waals surface area contributed by atoms with Crippen molar-refractivity contribution in [1.29, 1.82) is 0 Å². The highest BCUT2D eigenvalue weighted by atomic mass is 19.3. The fourth-order valence-corrected chi connectivity index (χ4v) is 4.63. The van der Waals surface area contributed by atoms with Crippen molar-refractivity contribution in [1.82, 2.24) is 14.5 Å². The van der Waals surface area contributed by atoms with E-state index in [0.717, 1.165) is 4.90 Å². The Labute approximate surface area is 194 Å². The highest BCUT2D eigenvalue weighted by molar-refractivity contribution is 5.97. The van der Waals surface area contributed by atoms with Gasteiger partial charge in [-0.1, -0.05) is 17.9 Å². The Bertz CT molecular complexity index is 1410. The molecule has 0 radical (unpaired) electrons. The van der Waals surface area contributed by atoms with E-state index in [2.05, 4.69) is 16.8 Å². The number of hydrogen-bond acceptors (Lipinski definition) is 4. The molecule has 2 aliphatic rings. The van der Waals surface area contributed by atoms with E-state index in [1.807, 2.05) is 10.6 Å². The summed E-state index contributed by atoms with van der Waals surface area (Å²) in [4.78, 5) is 18.9. The Morgan fingerprint density at radius 3 is 2.94 bits per heavy atom. The quantitative estimate of drug-likeness (QED) is 0.598. The number of amides is 1. The number of benzene rings is 2. The fourth-order valence-electron chi connectivity index (χ4n) is 4.63. The van der Waals surface area contributed by atoms with Gasteiger partial charge in [0.1, 0.15) is 11.6 Å². The topological polar surface area (TPSA) is 67.6 Å². The van der Waals surface area contributed by atoms with Crippen molar-refractivity contribution >= 4 is 16.9 Å². The van der Waals surface area contributed by atoms with E-state index in [1.165, 1.54) is 18.2 Å². The Morgan fingerprint density at radius 2 is 2.18 bits per heavy atom. The van der Waals surface area contributed by atoms with Crippen molar-refractivity contribution in [2.45, 2.75) is 51.0 Å². The number of halogens is 2. The van der Waals surface area contributed by atoms with E-state index < -0.39 is 37.7 Å². The van der Waals surface area contributed by atoms with Gasteiger partial charge in [-0.25, -0.2) is 4.98 Å². The van der Waals surface area contributed by atoms with Crippen LogP contribution >= 0.6 is 0 Å². The van der Waals surface area contributed by atoms with Crippen LogP contribution in [0.25, 0.3) is 11.0 Å². The second-order valence-electron chi connectivity index (χ2n) is 8.27. The second-order valence-corrected chi connectivity index (χ2v) is 8.27. The number of fused-ring (bicyclic) bond motifs is 9. The molecule has 170 valence electrons. The van der Waals surface area contributed by atoms with Crippen LogP contribution in [0.4, 0.5) is 8.78 Å². The molecule has 8 heteroatoms. The molecule has 0 fully saturated rings. The smallest absolute Gasteiger partial charge is 0.387 e. The zero-order chi connectivity index (χ0) is 25.8. The Morgan fingerprint density at radius 1 is 1.33 bits per heavy atom. The minimum Gasteiger partial charge on any atom is -0.434 e. The van der Waals surface area contributed by atoms with E-state index in [9.17, 15) is 18.7 Å². The number of rotatable bonds is 4. The third-order valence-corrected chi connectivity index (χ3v) is 6.07. The Kier molecular flexibility index (Phi) is 4.46. The third-order valence-electron chi connectivity index (χ3n) is 6.07. The van der Waals surface area contributed by atoms with Gasteiger partial charge in [-0.05, 0) is 43.7 Å². The lowest BCUT2D eigenvalue weighted by molar-refractivity contribution is -0.0507. The average molecular weight is 454 g/mol. The summed E-state index contributed by atoms with van der Waals surface area (Å²) in [6, 6.07) is 8.03. The van der Waals surface area contributed by atoms with Crippen molar-refractivity contribution in [3.63, 3.8) is 0 Å². The summed E-state index contributed by atoms with van der Waals surface area (Å²) in [5.74, 6) is 5.51. The number of aliphatic hydroxyl groups excluding tert-OH is 1. The summed E-state index contributed by atoms with van der Waals surface area (Å²) in [6.45, 7) is -4.20. The zero-order valence-electron chi connectivity index (χ0n) is 20.8. The summed E-state index contributed by atoms with van der Waals surface area (Å²) in [6.07, 6.45) is 0.770. The summed E-state index contributed by atoms with van der Waals surface area (Å²) < 4.78 is 57.3. The number of hydrogen-bond donors (Lipinski definition) is 1. The number of carbonyl (C=O) groups is 1. The van der Waals surface area contributed by atoms with Crippen LogP contribution in [0.2, 0.25) is 0 Å². The van der Waals surface area contributed by atoms with Crippen molar-refractivity contribution in [3.8, 4) is 17.6 Å². The highest BCUT2D eigenvalue weighted by Gasteiger charge is 2.44. The zero-order valence-corrected chi connectivity index (χ0v) is 17.8. The predicted octanol–water partition coefficient (Wildman–Crippen LogP) is 4.27. The first-order valence-electron chi connectivity index (χ1n) is 12.2. The molecular formula is C25H23F2N3O3. The van der Waals surface area contributed by atoms with Crippen molar-refractivity contribution in [2.75, 3.05) is 6.98 Å². The van der Waals surface area contributed by atoms with Gasteiger partial charge in [0.2, 0.25) is 0 Å². The van der Waals surface area contributed by atoms with Gasteiger partial charge in [-0.15, -0.1) is 0 Å². The standard InChI is InChI=1S/C25H23F2N3O3/c1-14(31)6-3-4-7-15-10-11-17-18(12-15)30-19-13-20(23(30)28-17)29(2)24(32)16-8-5-9-21(22(16)19)33-25(26)27/h5,8-12,14,19-20,25,31H,3,6,13H2,1-2H3/t14?,19-,20-/m1/s1/i2D3. The Balaban J connectivity index is 1.70. The number of alkyl halides is 2. The van der Waals surface area contributed by atoms with Crippen LogP contribution in [0, 0.1) is 11.8 Å². The number of imidazole rings is 1. The molecule has 2 aliphatic heterocycles. The van der Waals surface area contributed by atoms with Crippen LogP contribution < -0.4 is 4.74 Å². The molecule has 0 saturated heterocycles. The van der Waals surface area contributed by atoms with Gasteiger partial charge in [0, 0.05) is 40.6 Å². The van der Waals surface area contributed by atoms with E-state index in [-0.39, 0.29) is 23.3 Å². The first kappa shape index (κ1) is 18.0. The van der Waals surface area contributed by atoms with Crippen molar-refractivity contribution in [3.05, 3.63) is 58.9 Å². The first-order valence-corrected chi connectivity index (χ1v) is 10.7. The molecule has 3 heterocycles. The summed E-state index contributed by atoms with van der Waals surface area (Å²) in [7, 11) is 0. The number of nitrogens with zero attached hydrogens (tertiary/aromatic N) is 3. The molecule has 5 rings (SSSR count). The van der Waals surface area contributed by atoms with Crippen LogP contribution in [0.5, 0.6) is 5.75 Å². The molecule has 1 aromatic heterocycles. The number of aliphatic hydroxyl groups is 1. The summed E-state index contributed by atoms with van der Waals surface area (Å²) in [5.41, 5.74) is 2.14. The maximum atomic E-state index is 13.4. The highest BCUT2D eigenvalue weighted by Crippen LogP contribution is 2.49. The molecule has 0 aliphatic carbocycles. The van der Waals surface area contributed by atoms with Crippen LogP contribution in [0.1, 0.15) is 69.7 Å². The maximum absolute atomic E-state index is 13.4. The van der Waals surface area contributed by atoms with Gasteiger partial charge in [-0.2, -0.15) is 8.78 Å². The van der Waals surface area contributed by atoms with Crippen LogP contribution in [-0.4, -0.2) is 45.2 Å². The van der Waals surface area contributed by atoms with E-state index in [4.69, 9.17) is 8.85 Å². The largest absolute Gasteiger partial charge is 0.434 e. The van der Waals surface area contributed by atoms with E-state index in [0.29, 0.717) is 35.3 Å². The molecule has 1 unspecified atom stereocenters. The van der Waals surface area contributed by atoms with Crippen LogP contribution in [0.3, 0.4) is 0 Å². The molecule has 2 bridgehead atoms. The van der Waals surface area contributed by atoms with Gasteiger partial charge < -0.3 is 19.3 Å². The van der Waals surface area contributed by atoms with E-state index >= 15 is 0 Å². The first-order chi connectivity index (χ1) is 17.1. The molecule has 33 heavy (non-hydrogen) atoms. The van der Waals surface area contributed by atoms with Crippen LogP contribution in [-0.2, 0) is 0 Å². The molecule has 0 spiro atoms. The SMILES string of the molecule is [2H]C([2H])([2H])N1C(=O)c2cccc(OC(F)F)c2[C@H]2C[C@@H]1c1nc3ccc(C#CCCC(C)O)cc3n12. The molecule has 3 atom stereocenters. The van der Waals surface area contributed by atoms with Crippen molar-refractivity contribution < 1.29 is 27.5 Å². The van der Waals surface area contributed by atoms with Crippen LogP contribution in [0.15, 0.2) is 36.4 Å². The normalized spacial score (nSPS) is 21.4. The van der Waals surface area contributed by atoms with Gasteiger partial charge in [0.25, 0.3) is 5.91 Å². The minimum absolute atomic E-state index is 0.0124. The monoisotopic (exact) mass is 454 g/mol. The number of aromatic nitrogens is 2. The number of ether oxygens (including phenoxy) is 1. The maximum Gasteiger partial charge on any atom is 0.387 e. The molecular weight excluding hydrogens is 428 g/mol. The average Bonchev–Trinajstić information content (AvgIpc) is 3.28. The van der Waals surface area contributed by atoms with Gasteiger partial charge in [-0.3, -0.25) is 4.79 Å². The Hall–Kier alpha value is -3.44. The molecule has 1 amide bonds. The van der Waals surface area contributed by atoms with Gasteiger partial charge in [0.15, 0.2) is 0 Å². The van der Waals surface area contributed by atoms with Crippen molar-refractivity contribution in [2.24, 2.45) is 0 Å². The fraction of sp³-hybridized carbons (Fsp3) is 0.360. The lowest BCUT2D eigenvalue weighted by atomic mass is 9.97. The molecule has 6 nitrogen and oxygen atoms in total. The molecule has 0 saturated carbocycles. The molecule has 1 N–H and O–H groups in total. The summed E-state index contributed by atoms with van der Waals surface area (Å²) >= 11 is 0. The van der Waals surface area contributed by atoms with Gasteiger partial charge in [0.05, 0.1) is 29.2 Å². The molecule has 2 aromatic carbocycles. The summed E-state index contributed by atoms with van der Waals surface area (Å²) in [5, 5.41) is 9.43. The lowest BCUT2D eigenvalue weighted by Gasteiger charge is -2.24. The van der Waals surface area contributed by atoms with Gasteiger partial charge >= 0.3 is 6.61 Å². The third kappa shape index (κ3) is 3.62. The second kappa shape index (κ2) is 8.16. The lowest BCUT2D eigenvalue weighted by Crippen LogP contribution is -2.30. The molecule has 3 aromatic rings. The van der Waals surface area contributed by atoms with E-state index in [1.54, 1.807) is 19.1 Å². The number of carbonyl (C=O) groups excluding carboxylic acids is 1. The minimum atomic E-state index is -3.12. The predicted molar refractivity (Wildman–Crippen MR) is 118 cm³/mol.